The van der Waals surface area contributed by atoms with E-state index in [4.69, 9.17) is 9.47 Å². The van der Waals surface area contributed by atoms with Gasteiger partial charge in [0.05, 0.1) is 25.4 Å². The molecule has 0 aliphatic carbocycles. The molecule has 0 aromatic heterocycles. The Morgan fingerprint density at radius 2 is 1.11 bits per heavy atom. The second-order valence-corrected chi connectivity index (χ2v) is 13.7. The Balaban J connectivity index is 2.47. The predicted molar refractivity (Wildman–Crippen MR) is 183 cm³/mol. The van der Waals surface area contributed by atoms with Crippen LogP contribution in [0.2, 0.25) is 0 Å². The Morgan fingerprint density at radius 3 is 1.57 bits per heavy atom. The Labute approximate surface area is 284 Å². The first-order valence-corrected chi connectivity index (χ1v) is 18.9. The third kappa shape index (κ3) is 19.2. The fraction of sp³-hybridized carbons (Fsp3) is 0.972. The average molecular weight is 678 g/mol. The number of ether oxygens (including phenoxy) is 2. The Kier molecular flexibility index (Phi) is 26.2. The van der Waals surface area contributed by atoms with Gasteiger partial charge in [-0.2, -0.15) is 0 Å². The number of aliphatic hydroxyl groups excluding tert-OH is 7. The number of rotatable bonds is 30. The number of nitrogens with one attached hydrogen (secondary N) is 1. The monoisotopic (exact) mass is 678 g/mol. The van der Waals surface area contributed by atoms with Crippen molar-refractivity contribution >= 4 is 5.91 Å². The largest absolute Gasteiger partial charge is 0.394 e. The van der Waals surface area contributed by atoms with Gasteiger partial charge in [-0.25, -0.2) is 0 Å². The summed E-state index contributed by atoms with van der Waals surface area (Å²) in [7, 11) is 0. The molecule has 0 bridgehead atoms. The molecule has 1 saturated heterocycles. The fourth-order valence-electron chi connectivity index (χ4n) is 6.14. The third-order valence-corrected chi connectivity index (χ3v) is 9.41. The van der Waals surface area contributed by atoms with E-state index in [1.165, 1.54) is 70.6 Å². The number of hydrogen-bond donors (Lipinski definition) is 8. The average Bonchev–Trinajstić information content (AvgIpc) is 3.07. The van der Waals surface area contributed by atoms with Gasteiger partial charge in [0, 0.05) is 0 Å². The summed E-state index contributed by atoms with van der Waals surface area (Å²) >= 11 is 0. The molecular weight excluding hydrogens is 606 g/mol. The Hall–Kier alpha value is -0.890. The zero-order valence-electron chi connectivity index (χ0n) is 29.5. The van der Waals surface area contributed by atoms with Gasteiger partial charge in [-0.15, -0.1) is 0 Å². The summed E-state index contributed by atoms with van der Waals surface area (Å²) in [6.07, 6.45) is 12.2. The topological polar surface area (TPSA) is 189 Å². The minimum Gasteiger partial charge on any atom is -0.394 e. The van der Waals surface area contributed by atoms with Crippen LogP contribution in [-0.4, -0.2) is 110 Å². The molecule has 1 aliphatic heterocycles. The van der Waals surface area contributed by atoms with E-state index in [1.807, 2.05) is 0 Å². The Morgan fingerprint density at radius 1 is 0.660 bits per heavy atom. The highest BCUT2D eigenvalue weighted by molar-refractivity contribution is 5.80. The van der Waals surface area contributed by atoms with Crippen molar-refractivity contribution in [2.75, 3.05) is 13.2 Å². The van der Waals surface area contributed by atoms with E-state index in [9.17, 15) is 40.5 Å². The molecule has 0 radical (unpaired) electrons. The van der Waals surface area contributed by atoms with Crippen molar-refractivity contribution in [1.82, 2.24) is 5.32 Å². The van der Waals surface area contributed by atoms with Crippen LogP contribution in [0.15, 0.2) is 0 Å². The molecule has 11 nitrogen and oxygen atoms in total. The molecule has 47 heavy (non-hydrogen) atoms. The van der Waals surface area contributed by atoms with Crippen molar-refractivity contribution in [3.8, 4) is 0 Å². The molecule has 1 fully saturated rings. The highest BCUT2D eigenvalue weighted by Gasteiger charge is 2.44. The highest BCUT2D eigenvalue weighted by atomic mass is 16.7. The fourth-order valence-corrected chi connectivity index (χ4v) is 6.14. The number of carbonyl (C=O) groups is 1. The van der Waals surface area contributed by atoms with E-state index in [0.29, 0.717) is 19.3 Å². The maximum atomic E-state index is 12.9. The second-order valence-electron chi connectivity index (χ2n) is 13.7. The van der Waals surface area contributed by atoms with E-state index < -0.39 is 74.2 Å². The lowest BCUT2D eigenvalue weighted by Crippen LogP contribution is -2.60. The zero-order valence-corrected chi connectivity index (χ0v) is 29.5. The molecule has 1 heterocycles. The van der Waals surface area contributed by atoms with E-state index in [2.05, 4.69) is 19.2 Å². The van der Waals surface area contributed by atoms with Crippen molar-refractivity contribution in [1.29, 1.82) is 0 Å². The number of carbonyl (C=O) groups excluding carboxylic acids is 1. The third-order valence-electron chi connectivity index (χ3n) is 9.41. The smallest absolute Gasteiger partial charge is 0.249 e. The molecular formula is C36H71NO10. The summed E-state index contributed by atoms with van der Waals surface area (Å²) in [6.45, 7) is 3.30. The first-order valence-electron chi connectivity index (χ1n) is 18.9. The van der Waals surface area contributed by atoms with Gasteiger partial charge in [0.15, 0.2) is 6.29 Å². The minimum absolute atomic E-state index is 0.264. The molecule has 0 saturated carbocycles. The van der Waals surface area contributed by atoms with Gasteiger partial charge in [-0.1, -0.05) is 142 Å². The summed E-state index contributed by atoms with van der Waals surface area (Å²) in [5.41, 5.74) is 0. The molecule has 8 N–H and O–H groups in total. The van der Waals surface area contributed by atoms with Crippen LogP contribution in [0.25, 0.3) is 0 Å². The minimum atomic E-state index is -1.65. The lowest BCUT2D eigenvalue weighted by molar-refractivity contribution is -0.303. The second kappa shape index (κ2) is 27.9. The lowest BCUT2D eigenvalue weighted by Gasteiger charge is -2.40. The molecule has 280 valence electrons. The van der Waals surface area contributed by atoms with E-state index in [-0.39, 0.29) is 6.42 Å². The van der Waals surface area contributed by atoms with Gasteiger partial charge in [0.2, 0.25) is 5.91 Å². The summed E-state index contributed by atoms with van der Waals surface area (Å²) in [4.78, 5) is 12.9. The molecule has 9 unspecified atom stereocenters. The van der Waals surface area contributed by atoms with Crippen LogP contribution in [0, 0.1) is 0 Å². The van der Waals surface area contributed by atoms with Gasteiger partial charge in [0.25, 0.3) is 0 Å². The maximum Gasteiger partial charge on any atom is 0.249 e. The predicted octanol–water partition coefficient (Wildman–Crippen LogP) is 3.99. The molecule has 0 aromatic carbocycles. The molecule has 11 heteroatoms. The van der Waals surface area contributed by atoms with Crippen molar-refractivity contribution in [3.05, 3.63) is 0 Å². The van der Waals surface area contributed by atoms with Gasteiger partial charge in [-0.05, 0) is 12.8 Å². The van der Waals surface area contributed by atoms with Crippen molar-refractivity contribution < 1.29 is 50.0 Å². The van der Waals surface area contributed by atoms with Crippen LogP contribution in [0.3, 0.4) is 0 Å². The van der Waals surface area contributed by atoms with Crippen molar-refractivity contribution in [2.45, 2.75) is 210 Å². The first-order chi connectivity index (χ1) is 22.7. The number of hydrogen-bond acceptors (Lipinski definition) is 10. The molecule has 0 aromatic rings. The molecule has 1 amide bonds. The lowest BCUT2D eigenvalue weighted by atomic mass is 9.98. The first kappa shape index (κ1) is 44.1. The number of unbranched alkanes of at least 4 members (excludes halogenated alkanes) is 18. The van der Waals surface area contributed by atoms with Gasteiger partial charge in [-0.3, -0.25) is 4.79 Å². The van der Waals surface area contributed by atoms with E-state index in [1.54, 1.807) is 0 Å². The molecule has 1 rings (SSSR count). The Bertz CT molecular complexity index is 745. The number of aliphatic hydroxyl groups is 7. The van der Waals surface area contributed by atoms with E-state index in [0.717, 1.165) is 44.9 Å². The van der Waals surface area contributed by atoms with Crippen molar-refractivity contribution in [2.24, 2.45) is 0 Å². The summed E-state index contributed by atoms with van der Waals surface area (Å²) in [5.74, 6) is -0.702. The van der Waals surface area contributed by atoms with Crippen molar-refractivity contribution in [3.63, 3.8) is 0 Å². The number of amides is 1. The highest BCUT2D eigenvalue weighted by Crippen LogP contribution is 2.23. The van der Waals surface area contributed by atoms with Crippen LogP contribution in [0.1, 0.15) is 155 Å². The zero-order chi connectivity index (χ0) is 34.9. The van der Waals surface area contributed by atoms with E-state index >= 15 is 0 Å². The van der Waals surface area contributed by atoms with Gasteiger partial charge in [0.1, 0.15) is 36.6 Å². The normalized spacial score (nSPS) is 24.1. The van der Waals surface area contributed by atoms with Gasteiger partial charge < -0.3 is 50.5 Å². The van der Waals surface area contributed by atoms with Gasteiger partial charge >= 0.3 is 0 Å². The van der Waals surface area contributed by atoms with Crippen LogP contribution >= 0.6 is 0 Å². The SMILES string of the molecule is CCCCCCCCCCCCCCCCCC(O)C(=O)NC(COC1OC(CO)C(O)C(O)C1O)C(O)C(O)CCCCCCC. The van der Waals surface area contributed by atoms with Crippen LogP contribution in [0.4, 0.5) is 0 Å². The molecule has 1 aliphatic rings. The molecule has 9 atom stereocenters. The standard InChI is InChI=1S/C36H71NO10/c1-3-5-7-9-10-11-12-13-14-15-16-17-18-20-22-24-29(40)35(45)37-27(31(41)28(39)23-21-19-8-6-4-2)26-46-36-34(44)33(43)32(42)30(25-38)47-36/h27-34,36,38-44H,3-26H2,1-2H3,(H,37,45). The molecule has 0 spiro atoms. The maximum absolute atomic E-state index is 12.9. The quantitative estimate of drug-likeness (QED) is 0.0516. The summed E-state index contributed by atoms with van der Waals surface area (Å²) in [6, 6.07) is -1.16. The van der Waals surface area contributed by atoms with Crippen LogP contribution < -0.4 is 5.32 Å². The van der Waals surface area contributed by atoms with Crippen LogP contribution in [0.5, 0.6) is 0 Å². The summed E-state index contributed by atoms with van der Waals surface area (Å²) in [5, 5.41) is 74.7. The summed E-state index contributed by atoms with van der Waals surface area (Å²) < 4.78 is 11.0. The van der Waals surface area contributed by atoms with Crippen LogP contribution in [-0.2, 0) is 14.3 Å².